The van der Waals surface area contributed by atoms with E-state index in [4.69, 9.17) is 4.74 Å². The van der Waals surface area contributed by atoms with Crippen molar-refractivity contribution in [3.05, 3.63) is 35.5 Å². The van der Waals surface area contributed by atoms with Crippen molar-refractivity contribution in [3.63, 3.8) is 0 Å². The molecule has 0 bridgehead atoms. The monoisotopic (exact) mass is 423 g/mol. The van der Waals surface area contributed by atoms with E-state index in [0.29, 0.717) is 64.0 Å². The van der Waals surface area contributed by atoms with Crippen molar-refractivity contribution in [2.45, 2.75) is 4.21 Å². The number of piperazine rings is 1. The summed E-state index contributed by atoms with van der Waals surface area (Å²) in [5.74, 6) is 0.459. The van der Waals surface area contributed by atoms with Crippen LogP contribution in [0.15, 0.2) is 34.1 Å². The van der Waals surface area contributed by atoms with Crippen LogP contribution < -0.4 is 4.90 Å². The third kappa shape index (κ3) is 3.88. The Morgan fingerprint density at radius 1 is 1.04 bits per heavy atom. The first-order valence-corrected chi connectivity index (χ1v) is 11.4. The summed E-state index contributed by atoms with van der Waals surface area (Å²) in [4.78, 5) is 24.7. The average molecular weight is 424 g/mol. The fraction of sp³-hybridized carbons (Fsp3) is 0.471. The number of carbonyl (C=O) groups is 1. The highest BCUT2D eigenvalue weighted by atomic mass is 32.2. The Bertz CT molecular complexity index is 920. The summed E-state index contributed by atoms with van der Waals surface area (Å²) >= 11 is 1.09. The van der Waals surface area contributed by atoms with E-state index in [2.05, 4.69) is 9.97 Å². The van der Waals surface area contributed by atoms with Crippen LogP contribution in [0.2, 0.25) is 0 Å². The molecule has 4 rings (SSSR count). The van der Waals surface area contributed by atoms with Gasteiger partial charge in [0.05, 0.1) is 18.8 Å². The van der Waals surface area contributed by atoms with E-state index >= 15 is 0 Å². The number of nitrogens with zero attached hydrogens (tertiary/aromatic N) is 5. The highest BCUT2D eigenvalue weighted by molar-refractivity contribution is 7.91. The third-order valence-corrected chi connectivity index (χ3v) is 8.10. The van der Waals surface area contributed by atoms with Crippen LogP contribution in [0.4, 0.5) is 5.95 Å². The standard InChI is InChI=1S/C17H21N5O4S2/c23-16(20-8-10-26-11-9-20)14-12-15(27-13-14)28(24,25)22-6-4-21(5-7-22)17-18-2-1-3-19-17/h1-3,12-13H,4-11H2. The minimum atomic E-state index is -3.62. The lowest BCUT2D eigenvalue weighted by atomic mass is 10.3. The summed E-state index contributed by atoms with van der Waals surface area (Å²) in [7, 11) is -3.62. The van der Waals surface area contributed by atoms with Gasteiger partial charge in [0.1, 0.15) is 4.21 Å². The van der Waals surface area contributed by atoms with Crippen molar-refractivity contribution in [1.82, 2.24) is 19.2 Å². The Hall–Kier alpha value is -2.08. The molecule has 28 heavy (non-hydrogen) atoms. The number of thiophene rings is 1. The number of amides is 1. The zero-order valence-electron chi connectivity index (χ0n) is 15.2. The molecule has 0 aliphatic carbocycles. The van der Waals surface area contributed by atoms with Gasteiger partial charge in [0.25, 0.3) is 15.9 Å². The van der Waals surface area contributed by atoms with Crippen molar-refractivity contribution >= 4 is 33.2 Å². The second-order valence-electron chi connectivity index (χ2n) is 6.50. The number of sulfonamides is 1. The van der Waals surface area contributed by atoms with Crippen LogP contribution in [-0.2, 0) is 14.8 Å². The first-order valence-electron chi connectivity index (χ1n) is 9.03. The van der Waals surface area contributed by atoms with Gasteiger partial charge in [-0.3, -0.25) is 4.79 Å². The molecule has 2 saturated heterocycles. The van der Waals surface area contributed by atoms with E-state index in [9.17, 15) is 13.2 Å². The predicted molar refractivity (Wildman–Crippen MR) is 104 cm³/mol. The molecule has 0 N–H and O–H groups in total. The molecule has 0 saturated carbocycles. The number of rotatable bonds is 4. The van der Waals surface area contributed by atoms with Crippen molar-refractivity contribution in [2.24, 2.45) is 0 Å². The summed E-state index contributed by atoms with van der Waals surface area (Å²) in [5.41, 5.74) is 0.418. The molecule has 2 aliphatic rings. The molecule has 1 amide bonds. The second kappa shape index (κ2) is 8.11. The molecule has 11 heteroatoms. The van der Waals surface area contributed by atoms with E-state index in [1.807, 2.05) is 4.90 Å². The Labute approximate surface area is 167 Å². The topological polar surface area (TPSA) is 95.9 Å². The average Bonchev–Trinajstić information content (AvgIpc) is 3.26. The molecule has 4 heterocycles. The Morgan fingerprint density at radius 3 is 2.39 bits per heavy atom. The van der Waals surface area contributed by atoms with Gasteiger partial charge in [-0.15, -0.1) is 11.3 Å². The maximum atomic E-state index is 13.0. The van der Waals surface area contributed by atoms with Gasteiger partial charge in [0.2, 0.25) is 5.95 Å². The normalized spacial score (nSPS) is 19.0. The van der Waals surface area contributed by atoms with Crippen LogP contribution in [0.1, 0.15) is 10.4 Å². The molecule has 0 unspecified atom stereocenters. The first kappa shape index (κ1) is 19.2. The molecule has 2 aromatic heterocycles. The molecule has 150 valence electrons. The lowest BCUT2D eigenvalue weighted by molar-refractivity contribution is 0.0303. The summed E-state index contributed by atoms with van der Waals surface area (Å²) in [6.45, 7) is 3.83. The SMILES string of the molecule is O=C(c1csc(S(=O)(=O)N2CCN(c3ncccn3)CC2)c1)N1CCOCC1. The van der Waals surface area contributed by atoms with Crippen molar-refractivity contribution in [3.8, 4) is 0 Å². The maximum Gasteiger partial charge on any atom is 0.254 e. The van der Waals surface area contributed by atoms with Crippen LogP contribution >= 0.6 is 11.3 Å². The van der Waals surface area contributed by atoms with Crippen molar-refractivity contribution in [2.75, 3.05) is 57.4 Å². The highest BCUT2D eigenvalue weighted by Crippen LogP contribution is 2.26. The fourth-order valence-electron chi connectivity index (χ4n) is 3.22. The lowest BCUT2D eigenvalue weighted by Gasteiger charge is -2.33. The zero-order valence-corrected chi connectivity index (χ0v) is 16.9. The quantitative estimate of drug-likeness (QED) is 0.707. The second-order valence-corrected chi connectivity index (χ2v) is 9.57. The number of morpholine rings is 1. The van der Waals surface area contributed by atoms with Crippen molar-refractivity contribution < 1.29 is 17.9 Å². The number of anilines is 1. The minimum Gasteiger partial charge on any atom is -0.378 e. The summed E-state index contributed by atoms with van der Waals surface area (Å²) in [5, 5.41) is 1.62. The number of hydrogen-bond acceptors (Lipinski definition) is 8. The summed E-state index contributed by atoms with van der Waals surface area (Å²) < 4.78 is 32.9. The van der Waals surface area contributed by atoms with E-state index in [1.54, 1.807) is 28.7 Å². The van der Waals surface area contributed by atoms with E-state index in [-0.39, 0.29) is 10.1 Å². The molecule has 2 aliphatic heterocycles. The smallest absolute Gasteiger partial charge is 0.254 e. The van der Waals surface area contributed by atoms with Gasteiger partial charge in [-0.05, 0) is 12.1 Å². The molecular weight excluding hydrogens is 402 g/mol. The van der Waals surface area contributed by atoms with Crippen molar-refractivity contribution in [1.29, 1.82) is 0 Å². The van der Waals surface area contributed by atoms with Gasteiger partial charge in [-0.2, -0.15) is 4.31 Å². The lowest BCUT2D eigenvalue weighted by Crippen LogP contribution is -2.49. The Kier molecular flexibility index (Phi) is 5.58. The largest absolute Gasteiger partial charge is 0.378 e. The van der Waals surface area contributed by atoms with Gasteiger partial charge in [0.15, 0.2) is 0 Å². The number of ether oxygens (including phenoxy) is 1. The minimum absolute atomic E-state index is 0.146. The summed E-state index contributed by atoms with van der Waals surface area (Å²) in [6.07, 6.45) is 3.34. The molecular formula is C17H21N5O4S2. The number of hydrogen-bond donors (Lipinski definition) is 0. The van der Waals surface area contributed by atoms with Crippen LogP contribution in [0.25, 0.3) is 0 Å². The molecule has 0 radical (unpaired) electrons. The predicted octanol–water partition coefficient (Wildman–Crippen LogP) is 0.521. The van der Waals surface area contributed by atoms with Gasteiger partial charge in [-0.25, -0.2) is 18.4 Å². The highest BCUT2D eigenvalue weighted by Gasteiger charge is 2.31. The molecule has 0 spiro atoms. The van der Waals surface area contributed by atoms with Gasteiger partial charge < -0.3 is 14.5 Å². The number of carbonyl (C=O) groups excluding carboxylic acids is 1. The van der Waals surface area contributed by atoms with Crippen LogP contribution in [0.3, 0.4) is 0 Å². The summed E-state index contributed by atoms with van der Waals surface area (Å²) in [6, 6.07) is 3.24. The molecule has 0 aromatic carbocycles. The Balaban J connectivity index is 1.43. The van der Waals surface area contributed by atoms with E-state index < -0.39 is 10.0 Å². The van der Waals surface area contributed by atoms with Crippen LogP contribution in [-0.4, -0.2) is 86.0 Å². The maximum absolute atomic E-state index is 13.0. The fourth-order valence-corrected chi connectivity index (χ4v) is 5.95. The third-order valence-electron chi connectivity index (χ3n) is 4.79. The molecule has 2 fully saturated rings. The molecule has 2 aromatic rings. The van der Waals surface area contributed by atoms with Gasteiger partial charge in [0, 0.05) is 57.0 Å². The van der Waals surface area contributed by atoms with Gasteiger partial charge >= 0.3 is 0 Å². The van der Waals surface area contributed by atoms with E-state index in [1.165, 1.54) is 10.4 Å². The number of aromatic nitrogens is 2. The van der Waals surface area contributed by atoms with Crippen LogP contribution in [0, 0.1) is 0 Å². The van der Waals surface area contributed by atoms with E-state index in [0.717, 1.165) is 11.3 Å². The van der Waals surface area contributed by atoms with Gasteiger partial charge in [-0.1, -0.05) is 0 Å². The first-order chi connectivity index (χ1) is 13.6. The molecule has 0 atom stereocenters. The van der Waals surface area contributed by atoms with Crippen LogP contribution in [0.5, 0.6) is 0 Å². The Morgan fingerprint density at radius 2 is 1.71 bits per heavy atom. The molecule has 9 nitrogen and oxygen atoms in total. The zero-order chi connectivity index (χ0) is 19.6.